The molecular formula is C27H28N2O4. The van der Waals surface area contributed by atoms with E-state index in [4.69, 9.17) is 24.0 Å². The minimum Gasteiger partial charge on any atom is -0.493 e. The number of hydrogen-bond acceptors (Lipinski definition) is 6. The van der Waals surface area contributed by atoms with Crippen LogP contribution in [0.5, 0.6) is 23.0 Å². The first kappa shape index (κ1) is 21.2. The molecule has 0 amide bonds. The van der Waals surface area contributed by atoms with E-state index in [2.05, 4.69) is 42.3 Å². The molecule has 0 spiro atoms. The van der Waals surface area contributed by atoms with Gasteiger partial charge in [0.15, 0.2) is 23.0 Å². The molecule has 0 bridgehead atoms. The van der Waals surface area contributed by atoms with Crippen molar-refractivity contribution in [2.45, 2.75) is 32.5 Å². The molecule has 6 nitrogen and oxygen atoms in total. The minimum absolute atomic E-state index is 0.0450. The molecule has 0 radical (unpaired) electrons. The summed E-state index contributed by atoms with van der Waals surface area (Å²) >= 11 is 0. The van der Waals surface area contributed by atoms with Crippen molar-refractivity contribution in [3.05, 3.63) is 82.9 Å². The summed E-state index contributed by atoms with van der Waals surface area (Å²) < 4.78 is 23.5. The van der Waals surface area contributed by atoms with Gasteiger partial charge in [-0.15, -0.1) is 0 Å². The number of para-hydroxylation sites is 1. The third-order valence-electron chi connectivity index (χ3n) is 6.16. The minimum atomic E-state index is -0.424. The van der Waals surface area contributed by atoms with Gasteiger partial charge in [0.05, 0.1) is 32.6 Å². The molecule has 5 rings (SSSR count). The second-order valence-corrected chi connectivity index (χ2v) is 8.20. The molecular weight excluding hydrogens is 416 g/mol. The van der Waals surface area contributed by atoms with Gasteiger partial charge in [-0.05, 0) is 43.7 Å². The molecule has 2 aliphatic rings. The van der Waals surface area contributed by atoms with Crippen molar-refractivity contribution >= 4 is 5.71 Å². The molecule has 0 aromatic heterocycles. The monoisotopic (exact) mass is 444 g/mol. The SMILES string of the molecule is CCOc1cccc2c1O[C@@H](c1ccc(OC)c(OC)c1)N1N=C(c3ccc(C)cc3)C[C@@H]21. The molecule has 2 heterocycles. The van der Waals surface area contributed by atoms with Crippen molar-refractivity contribution < 1.29 is 18.9 Å². The smallest absolute Gasteiger partial charge is 0.214 e. The van der Waals surface area contributed by atoms with Gasteiger partial charge < -0.3 is 18.9 Å². The number of methoxy groups -OCH3 is 2. The highest BCUT2D eigenvalue weighted by molar-refractivity contribution is 6.02. The Morgan fingerprint density at radius 1 is 0.970 bits per heavy atom. The molecule has 6 heteroatoms. The predicted octanol–water partition coefficient (Wildman–Crippen LogP) is 5.65. The lowest BCUT2D eigenvalue weighted by Gasteiger charge is -2.38. The molecule has 0 fully saturated rings. The van der Waals surface area contributed by atoms with Gasteiger partial charge in [0.2, 0.25) is 6.23 Å². The van der Waals surface area contributed by atoms with Crippen LogP contribution in [0.25, 0.3) is 0 Å². The quantitative estimate of drug-likeness (QED) is 0.492. The maximum atomic E-state index is 6.59. The van der Waals surface area contributed by atoms with Crippen LogP contribution in [0.2, 0.25) is 0 Å². The van der Waals surface area contributed by atoms with E-state index in [1.165, 1.54) is 5.56 Å². The second-order valence-electron chi connectivity index (χ2n) is 8.20. The van der Waals surface area contributed by atoms with E-state index in [9.17, 15) is 0 Å². The van der Waals surface area contributed by atoms with Crippen molar-refractivity contribution in [3.63, 3.8) is 0 Å². The third-order valence-corrected chi connectivity index (χ3v) is 6.16. The van der Waals surface area contributed by atoms with E-state index in [1.54, 1.807) is 14.2 Å². The topological polar surface area (TPSA) is 52.5 Å². The van der Waals surface area contributed by atoms with E-state index in [-0.39, 0.29) is 6.04 Å². The Morgan fingerprint density at radius 2 is 1.76 bits per heavy atom. The van der Waals surface area contributed by atoms with Gasteiger partial charge in [-0.3, -0.25) is 0 Å². The Kier molecular flexibility index (Phi) is 5.58. The fourth-order valence-corrected chi connectivity index (χ4v) is 4.50. The highest BCUT2D eigenvalue weighted by Crippen LogP contribution is 2.51. The van der Waals surface area contributed by atoms with Gasteiger partial charge in [-0.1, -0.05) is 42.0 Å². The number of hydrogen-bond donors (Lipinski definition) is 0. The Hall–Kier alpha value is -3.67. The van der Waals surface area contributed by atoms with Gasteiger partial charge in [0, 0.05) is 17.5 Å². The zero-order valence-electron chi connectivity index (χ0n) is 19.4. The van der Waals surface area contributed by atoms with Crippen molar-refractivity contribution in [1.29, 1.82) is 0 Å². The van der Waals surface area contributed by atoms with Crippen LogP contribution in [-0.2, 0) is 0 Å². The molecule has 0 unspecified atom stereocenters. The van der Waals surface area contributed by atoms with Gasteiger partial charge in [-0.2, -0.15) is 5.10 Å². The number of ether oxygens (including phenoxy) is 4. The van der Waals surface area contributed by atoms with E-state index in [0.29, 0.717) is 18.1 Å². The van der Waals surface area contributed by atoms with Crippen LogP contribution >= 0.6 is 0 Å². The first-order valence-corrected chi connectivity index (χ1v) is 11.2. The van der Waals surface area contributed by atoms with Gasteiger partial charge >= 0.3 is 0 Å². The Labute approximate surface area is 194 Å². The number of hydrazone groups is 1. The number of fused-ring (bicyclic) bond motifs is 3. The van der Waals surface area contributed by atoms with Crippen LogP contribution in [0.3, 0.4) is 0 Å². The maximum Gasteiger partial charge on any atom is 0.214 e. The Bertz CT molecular complexity index is 1190. The first-order chi connectivity index (χ1) is 16.1. The lowest BCUT2D eigenvalue weighted by molar-refractivity contribution is -0.0213. The molecule has 3 aromatic carbocycles. The Morgan fingerprint density at radius 3 is 2.48 bits per heavy atom. The molecule has 33 heavy (non-hydrogen) atoms. The average Bonchev–Trinajstić information content (AvgIpc) is 3.30. The van der Waals surface area contributed by atoms with Gasteiger partial charge in [-0.25, -0.2) is 5.01 Å². The van der Waals surface area contributed by atoms with Crippen LogP contribution in [0.15, 0.2) is 65.8 Å². The van der Waals surface area contributed by atoms with Crippen molar-refractivity contribution in [2.75, 3.05) is 20.8 Å². The van der Waals surface area contributed by atoms with Crippen LogP contribution in [0.4, 0.5) is 0 Å². The summed E-state index contributed by atoms with van der Waals surface area (Å²) in [6.07, 6.45) is 0.366. The van der Waals surface area contributed by atoms with Gasteiger partial charge in [0.1, 0.15) is 0 Å². The zero-order valence-corrected chi connectivity index (χ0v) is 19.4. The molecule has 0 saturated carbocycles. The summed E-state index contributed by atoms with van der Waals surface area (Å²) in [5.41, 5.74) is 5.42. The van der Waals surface area contributed by atoms with Crippen molar-refractivity contribution in [1.82, 2.24) is 5.01 Å². The van der Waals surface area contributed by atoms with Crippen LogP contribution in [-0.4, -0.2) is 31.5 Å². The van der Waals surface area contributed by atoms with Crippen LogP contribution in [0, 0.1) is 6.92 Å². The van der Waals surface area contributed by atoms with Crippen molar-refractivity contribution in [2.24, 2.45) is 5.10 Å². The fraction of sp³-hybridized carbons (Fsp3) is 0.296. The van der Waals surface area contributed by atoms with Crippen molar-refractivity contribution in [3.8, 4) is 23.0 Å². The molecule has 2 aliphatic heterocycles. The summed E-state index contributed by atoms with van der Waals surface area (Å²) in [6.45, 7) is 4.64. The molecule has 2 atom stereocenters. The highest BCUT2D eigenvalue weighted by Gasteiger charge is 2.42. The third kappa shape index (κ3) is 3.75. The maximum absolute atomic E-state index is 6.59. The molecule has 0 aliphatic carbocycles. The van der Waals surface area contributed by atoms with Crippen LogP contribution in [0.1, 0.15) is 47.9 Å². The zero-order chi connectivity index (χ0) is 22.9. The highest BCUT2D eigenvalue weighted by atomic mass is 16.5. The predicted molar refractivity (Wildman–Crippen MR) is 127 cm³/mol. The summed E-state index contributed by atoms with van der Waals surface area (Å²) in [5.74, 6) is 2.86. The second kappa shape index (κ2) is 8.70. The number of nitrogens with zero attached hydrogens (tertiary/aromatic N) is 2. The van der Waals surface area contributed by atoms with E-state index < -0.39 is 6.23 Å². The fourth-order valence-electron chi connectivity index (χ4n) is 4.50. The first-order valence-electron chi connectivity index (χ1n) is 11.2. The number of aryl methyl sites for hydroxylation is 1. The van der Waals surface area contributed by atoms with E-state index in [1.807, 2.05) is 37.3 Å². The normalized spacial score (nSPS) is 18.7. The van der Waals surface area contributed by atoms with E-state index in [0.717, 1.165) is 40.3 Å². The van der Waals surface area contributed by atoms with Gasteiger partial charge in [0.25, 0.3) is 0 Å². The number of benzene rings is 3. The number of rotatable bonds is 6. The lowest BCUT2D eigenvalue weighted by Crippen LogP contribution is -2.34. The summed E-state index contributed by atoms with van der Waals surface area (Å²) in [6, 6.07) is 20.5. The lowest BCUT2D eigenvalue weighted by atomic mass is 9.95. The van der Waals surface area contributed by atoms with E-state index >= 15 is 0 Å². The summed E-state index contributed by atoms with van der Waals surface area (Å²) in [4.78, 5) is 0. The standard InChI is InChI=1S/C27H28N2O4/c1-5-32-24-8-6-7-20-22-16-21(18-11-9-17(2)10-12-18)28-29(22)27(33-26(20)24)19-13-14-23(30-3)25(15-19)31-4/h6-15,22,27H,5,16H2,1-4H3/t22-,27-/m0/s1. The molecule has 170 valence electrons. The Balaban J connectivity index is 1.61. The summed E-state index contributed by atoms with van der Waals surface area (Å²) in [5, 5.41) is 7.12. The molecule has 3 aromatic rings. The molecule has 0 saturated heterocycles. The summed E-state index contributed by atoms with van der Waals surface area (Å²) in [7, 11) is 3.27. The largest absolute Gasteiger partial charge is 0.493 e. The molecule has 0 N–H and O–H groups in total. The van der Waals surface area contributed by atoms with Crippen LogP contribution < -0.4 is 18.9 Å². The average molecular weight is 445 g/mol.